The summed E-state index contributed by atoms with van der Waals surface area (Å²) in [5.41, 5.74) is 6.83. The second-order valence-electron chi connectivity index (χ2n) is 5.32. The van der Waals surface area contributed by atoms with Crippen LogP contribution in [0.2, 0.25) is 0 Å². The van der Waals surface area contributed by atoms with Gasteiger partial charge in [-0.05, 0) is 0 Å². The van der Waals surface area contributed by atoms with Gasteiger partial charge in [0.1, 0.15) is 24.2 Å². The number of ether oxygens (including phenoxy) is 2. The Bertz CT molecular complexity index is 747. The van der Waals surface area contributed by atoms with Gasteiger partial charge in [0.15, 0.2) is 11.5 Å². The van der Waals surface area contributed by atoms with E-state index in [2.05, 4.69) is 15.0 Å². The highest BCUT2D eigenvalue weighted by Crippen LogP contribution is 2.39. The standard InChI is InChI=1S/C12H18N5O5P/c1-20-7-3-9(22-8(7)4-21-23(2,18)19)17-6-16-10-11(13)14-5-15-12(10)17/h5-9H,3-4H2,1-2H3,(H,18,19)(H2,13,14,15)/t7-,8-,9-/m1/s1. The van der Waals surface area contributed by atoms with Gasteiger partial charge in [0.25, 0.3) is 0 Å². The molecule has 1 saturated heterocycles. The van der Waals surface area contributed by atoms with Gasteiger partial charge in [-0.2, -0.15) is 0 Å². The molecule has 1 fully saturated rings. The summed E-state index contributed by atoms with van der Waals surface area (Å²) in [5, 5.41) is 0. The maximum Gasteiger partial charge on any atom is 0.325 e. The van der Waals surface area contributed by atoms with Crippen molar-refractivity contribution in [1.29, 1.82) is 0 Å². The molecule has 0 bridgehead atoms. The van der Waals surface area contributed by atoms with Crippen LogP contribution >= 0.6 is 7.60 Å². The van der Waals surface area contributed by atoms with E-state index in [0.717, 1.165) is 6.66 Å². The molecule has 23 heavy (non-hydrogen) atoms. The molecular weight excluding hydrogens is 325 g/mol. The van der Waals surface area contributed by atoms with Crippen molar-refractivity contribution in [2.75, 3.05) is 26.1 Å². The van der Waals surface area contributed by atoms with Crippen molar-refractivity contribution in [2.45, 2.75) is 24.9 Å². The fraction of sp³-hybridized carbons (Fsp3) is 0.583. The molecule has 0 aliphatic carbocycles. The third-order valence-electron chi connectivity index (χ3n) is 3.66. The molecule has 2 aromatic rings. The molecule has 0 saturated carbocycles. The van der Waals surface area contributed by atoms with Gasteiger partial charge in [-0.25, -0.2) is 15.0 Å². The normalized spacial score (nSPS) is 27.3. The summed E-state index contributed by atoms with van der Waals surface area (Å²) in [6.07, 6.45) is 2.33. The lowest BCUT2D eigenvalue weighted by molar-refractivity contribution is -0.0475. The number of nitrogens with two attached hydrogens (primary N) is 1. The van der Waals surface area contributed by atoms with E-state index in [1.807, 2.05) is 0 Å². The quantitative estimate of drug-likeness (QED) is 0.746. The highest BCUT2D eigenvalue weighted by molar-refractivity contribution is 7.51. The molecule has 0 spiro atoms. The highest BCUT2D eigenvalue weighted by atomic mass is 31.2. The Morgan fingerprint density at radius 2 is 2.30 bits per heavy atom. The van der Waals surface area contributed by atoms with Crippen LogP contribution in [0.25, 0.3) is 11.2 Å². The zero-order valence-electron chi connectivity index (χ0n) is 12.7. The highest BCUT2D eigenvalue weighted by Gasteiger charge is 2.38. The van der Waals surface area contributed by atoms with E-state index < -0.39 is 13.7 Å². The van der Waals surface area contributed by atoms with E-state index in [9.17, 15) is 9.46 Å². The van der Waals surface area contributed by atoms with Gasteiger partial charge < -0.3 is 24.6 Å². The Balaban J connectivity index is 1.81. The van der Waals surface area contributed by atoms with Crippen molar-refractivity contribution in [3.05, 3.63) is 12.7 Å². The van der Waals surface area contributed by atoms with Crippen LogP contribution in [0.3, 0.4) is 0 Å². The lowest BCUT2D eigenvalue weighted by Gasteiger charge is -2.18. The van der Waals surface area contributed by atoms with Gasteiger partial charge in [0.2, 0.25) is 0 Å². The lowest BCUT2D eigenvalue weighted by atomic mass is 10.2. The number of hydrogen-bond acceptors (Lipinski definition) is 8. The first-order valence-corrected chi connectivity index (χ1v) is 8.97. The van der Waals surface area contributed by atoms with E-state index in [1.54, 1.807) is 18.0 Å². The summed E-state index contributed by atoms with van der Waals surface area (Å²) in [5.74, 6) is 0.294. The molecule has 3 N–H and O–H groups in total. The third kappa shape index (κ3) is 3.36. The molecule has 1 unspecified atom stereocenters. The number of nitrogens with zero attached hydrogens (tertiary/aromatic N) is 4. The molecule has 2 aromatic heterocycles. The molecular formula is C12H18N5O5P. The van der Waals surface area contributed by atoms with Gasteiger partial charge in [-0.1, -0.05) is 0 Å². The van der Waals surface area contributed by atoms with Crippen LogP contribution in [-0.2, 0) is 18.6 Å². The molecule has 0 amide bonds. The van der Waals surface area contributed by atoms with E-state index in [1.165, 1.54) is 6.33 Å². The Labute approximate surface area is 132 Å². The molecule has 3 rings (SSSR count). The Hall–Kier alpha value is -1.58. The minimum Gasteiger partial charge on any atom is -0.382 e. The number of anilines is 1. The van der Waals surface area contributed by atoms with Crippen LogP contribution in [0.15, 0.2) is 12.7 Å². The number of nitrogen functional groups attached to an aromatic ring is 1. The average Bonchev–Trinajstić information content (AvgIpc) is 3.08. The number of imidazole rings is 1. The van der Waals surface area contributed by atoms with Crippen LogP contribution in [0, 0.1) is 0 Å². The zero-order chi connectivity index (χ0) is 16.6. The van der Waals surface area contributed by atoms with Gasteiger partial charge in [-0.15, -0.1) is 0 Å². The summed E-state index contributed by atoms with van der Waals surface area (Å²) < 4.78 is 29.3. The molecule has 11 heteroatoms. The van der Waals surface area contributed by atoms with Gasteiger partial charge in [0, 0.05) is 20.2 Å². The van der Waals surface area contributed by atoms with Crippen molar-refractivity contribution >= 4 is 24.6 Å². The average molecular weight is 343 g/mol. The Morgan fingerprint density at radius 1 is 1.52 bits per heavy atom. The minimum absolute atomic E-state index is 0.0387. The third-order valence-corrected chi connectivity index (χ3v) is 4.29. The van der Waals surface area contributed by atoms with Crippen molar-refractivity contribution < 1.29 is 23.5 Å². The number of aromatic nitrogens is 4. The fourth-order valence-corrected chi connectivity index (χ4v) is 2.99. The molecule has 0 radical (unpaired) electrons. The summed E-state index contributed by atoms with van der Waals surface area (Å²) in [7, 11) is -2.02. The van der Waals surface area contributed by atoms with Gasteiger partial charge in [-0.3, -0.25) is 9.13 Å². The zero-order valence-corrected chi connectivity index (χ0v) is 13.6. The van der Waals surface area contributed by atoms with Gasteiger partial charge >= 0.3 is 7.60 Å². The second kappa shape index (κ2) is 6.14. The van der Waals surface area contributed by atoms with E-state index in [0.29, 0.717) is 23.4 Å². The topological polar surface area (TPSA) is 135 Å². The van der Waals surface area contributed by atoms with Crippen LogP contribution in [0.5, 0.6) is 0 Å². The van der Waals surface area contributed by atoms with E-state index >= 15 is 0 Å². The first kappa shape index (κ1) is 16.3. The number of rotatable bonds is 5. The number of methoxy groups -OCH3 is 1. The second-order valence-corrected chi connectivity index (χ2v) is 7.18. The SMILES string of the molecule is CO[C@@H]1C[C@H](n2cnc3c(N)ncnc32)O[C@@H]1COP(C)(=O)O. The smallest absolute Gasteiger partial charge is 0.325 e. The largest absolute Gasteiger partial charge is 0.382 e. The molecule has 4 atom stereocenters. The Kier molecular flexibility index (Phi) is 4.35. The summed E-state index contributed by atoms with van der Waals surface area (Å²) >= 11 is 0. The lowest BCUT2D eigenvalue weighted by Crippen LogP contribution is -2.27. The van der Waals surface area contributed by atoms with Crippen molar-refractivity contribution in [2.24, 2.45) is 0 Å². The number of hydrogen-bond donors (Lipinski definition) is 2. The first-order chi connectivity index (χ1) is 10.9. The molecule has 10 nitrogen and oxygen atoms in total. The predicted octanol–water partition coefficient (Wildman–Crippen LogP) is 0.543. The maximum atomic E-state index is 11.3. The maximum absolute atomic E-state index is 11.3. The Morgan fingerprint density at radius 3 is 3.00 bits per heavy atom. The van der Waals surface area contributed by atoms with Crippen molar-refractivity contribution in [1.82, 2.24) is 19.5 Å². The molecule has 126 valence electrons. The molecule has 1 aliphatic rings. The van der Waals surface area contributed by atoms with Crippen LogP contribution < -0.4 is 5.73 Å². The number of fused-ring (bicyclic) bond motifs is 1. The van der Waals surface area contributed by atoms with Crippen LogP contribution in [0.4, 0.5) is 5.82 Å². The van der Waals surface area contributed by atoms with Crippen molar-refractivity contribution in [3.8, 4) is 0 Å². The summed E-state index contributed by atoms with van der Waals surface area (Å²) in [4.78, 5) is 21.5. The van der Waals surface area contributed by atoms with Crippen molar-refractivity contribution in [3.63, 3.8) is 0 Å². The summed E-state index contributed by atoms with van der Waals surface area (Å²) in [6.45, 7) is 1.09. The van der Waals surface area contributed by atoms with E-state index in [-0.39, 0.29) is 18.9 Å². The van der Waals surface area contributed by atoms with E-state index in [4.69, 9.17) is 19.7 Å². The molecule has 3 heterocycles. The van der Waals surface area contributed by atoms with Crippen LogP contribution in [-0.4, -0.2) is 57.0 Å². The summed E-state index contributed by atoms with van der Waals surface area (Å²) in [6, 6.07) is 0. The molecule has 1 aliphatic heterocycles. The monoisotopic (exact) mass is 343 g/mol. The first-order valence-electron chi connectivity index (χ1n) is 6.95. The van der Waals surface area contributed by atoms with Gasteiger partial charge in [0.05, 0.1) is 19.0 Å². The van der Waals surface area contributed by atoms with Crippen LogP contribution in [0.1, 0.15) is 12.6 Å². The fourth-order valence-electron chi connectivity index (χ4n) is 2.56. The predicted molar refractivity (Wildman–Crippen MR) is 80.8 cm³/mol. The minimum atomic E-state index is -3.57. The molecule has 0 aromatic carbocycles.